The molecule has 106 valence electrons. The van der Waals surface area contributed by atoms with Crippen molar-refractivity contribution in [3.8, 4) is 11.1 Å². The molecule has 1 aromatic heterocycles. The summed E-state index contributed by atoms with van der Waals surface area (Å²) in [5.41, 5.74) is 0.376. The summed E-state index contributed by atoms with van der Waals surface area (Å²) in [5.74, 6) is 0. The number of halogens is 4. The summed E-state index contributed by atoms with van der Waals surface area (Å²) in [6.45, 7) is 0. The second-order valence-corrected chi connectivity index (χ2v) is 4.80. The average molecular weight is 309 g/mol. The summed E-state index contributed by atoms with van der Waals surface area (Å²) in [7, 11) is 0. The summed E-state index contributed by atoms with van der Waals surface area (Å²) >= 11 is 5.93. The normalized spacial score (nSPS) is 11.8. The lowest BCUT2D eigenvalue weighted by atomic mass is 9.98. The van der Waals surface area contributed by atoms with Gasteiger partial charge in [0.15, 0.2) is 0 Å². The molecule has 2 nitrogen and oxygen atoms in total. The van der Waals surface area contributed by atoms with Crippen molar-refractivity contribution in [1.29, 1.82) is 0 Å². The first-order valence-corrected chi connectivity index (χ1v) is 6.41. The van der Waals surface area contributed by atoms with Crippen LogP contribution in [0.3, 0.4) is 0 Å². The minimum atomic E-state index is -4.41. The second-order valence-electron chi connectivity index (χ2n) is 4.44. The SMILES string of the molecule is FC(F)(F)c1ccccc1-c1ccc2c(Cl)ncnc2c1. The third kappa shape index (κ3) is 2.56. The Labute approximate surface area is 123 Å². The van der Waals surface area contributed by atoms with Crippen LogP contribution in [0, 0.1) is 0 Å². The van der Waals surface area contributed by atoms with Gasteiger partial charge in [-0.05, 0) is 29.3 Å². The van der Waals surface area contributed by atoms with Gasteiger partial charge in [-0.25, -0.2) is 9.97 Å². The van der Waals surface area contributed by atoms with Crippen LogP contribution in [0.1, 0.15) is 5.56 Å². The number of benzene rings is 2. The van der Waals surface area contributed by atoms with E-state index >= 15 is 0 Å². The Balaban J connectivity index is 2.22. The van der Waals surface area contributed by atoms with Gasteiger partial charge in [-0.3, -0.25) is 0 Å². The van der Waals surface area contributed by atoms with E-state index in [0.29, 0.717) is 16.5 Å². The van der Waals surface area contributed by atoms with Gasteiger partial charge in [0.1, 0.15) is 11.5 Å². The van der Waals surface area contributed by atoms with E-state index in [4.69, 9.17) is 11.6 Å². The van der Waals surface area contributed by atoms with Gasteiger partial charge < -0.3 is 0 Å². The third-order valence-electron chi connectivity index (χ3n) is 3.13. The van der Waals surface area contributed by atoms with Gasteiger partial charge in [-0.1, -0.05) is 35.9 Å². The molecule has 2 aromatic carbocycles. The van der Waals surface area contributed by atoms with Gasteiger partial charge in [-0.15, -0.1) is 0 Å². The Morgan fingerprint density at radius 1 is 0.952 bits per heavy atom. The van der Waals surface area contributed by atoms with E-state index < -0.39 is 11.7 Å². The van der Waals surface area contributed by atoms with Crippen molar-refractivity contribution in [2.75, 3.05) is 0 Å². The minimum absolute atomic E-state index is 0.113. The van der Waals surface area contributed by atoms with Crippen molar-refractivity contribution in [2.45, 2.75) is 6.18 Å². The zero-order valence-corrected chi connectivity index (χ0v) is 11.3. The van der Waals surface area contributed by atoms with Crippen LogP contribution in [-0.2, 0) is 6.18 Å². The maximum atomic E-state index is 13.1. The highest BCUT2D eigenvalue weighted by Crippen LogP contribution is 2.37. The molecule has 0 bridgehead atoms. The number of rotatable bonds is 1. The lowest BCUT2D eigenvalue weighted by Gasteiger charge is -2.13. The zero-order chi connectivity index (χ0) is 15.0. The lowest BCUT2D eigenvalue weighted by Crippen LogP contribution is -2.06. The molecule has 0 fully saturated rings. The van der Waals surface area contributed by atoms with Crippen LogP contribution in [0.15, 0.2) is 48.8 Å². The summed E-state index contributed by atoms with van der Waals surface area (Å²) in [4.78, 5) is 7.88. The van der Waals surface area contributed by atoms with Crippen molar-refractivity contribution in [1.82, 2.24) is 9.97 Å². The maximum Gasteiger partial charge on any atom is 0.417 e. The highest BCUT2D eigenvalue weighted by molar-refractivity contribution is 6.34. The van der Waals surface area contributed by atoms with Crippen LogP contribution in [0.25, 0.3) is 22.0 Å². The number of aromatic nitrogens is 2. The van der Waals surface area contributed by atoms with Crippen LogP contribution in [0.5, 0.6) is 0 Å². The predicted octanol–water partition coefficient (Wildman–Crippen LogP) is 4.97. The fourth-order valence-electron chi connectivity index (χ4n) is 2.17. The van der Waals surface area contributed by atoms with E-state index in [1.807, 2.05) is 0 Å². The highest BCUT2D eigenvalue weighted by Gasteiger charge is 2.33. The molecule has 0 spiro atoms. The number of nitrogens with zero attached hydrogens (tertiary/aromatic N) is 2. The maximum absolute atomic E-state index is 13.1. The Hall–Kier alpha value is -2.14. The van der Waals surface area contributed by atoms with Gasteiger partial charge in [0.25, 0.3) is 0 Å². The number of fused-ring (bicyclic) bond motifs is 1. The summed E-state index contributed by atoms with van der Waals surface area (Å²) in [6, 6.07) is 10.2. The van der Waals surface area contributed by atoms with Crippen molar-refractivity contribution < 1.29 is 13.2 Å². The number of hydrogen-bond acceptors (Lipinski definition) is 2. The minimum Gasteiger partial charge on any atom is -0.236 e. The van der Waals surface area contributed by atoms with Crippen LogP contribution in [-0.4, -0.2) is 9.97 Å². The Morgan fingerprint density at radius 2 is 1.71 bits per heavy atom. The fraction of sp³-hybridized carbons (Fsp3) is 0.0667. The fourth-order valence-corrected chi connectivity index (χ4v) is 2.38. The Morgan fingerprint density at radius 3 is 2.48 bits per heavy atom. The van der Waals surface area contributed by atoms with Gasteiger partial charge >= 0.3 is 6.18 Å². The van der Waals surface area contributed by atoms with Gasteiger partial charge in [0, 0.05) is 5.39 Å². The largest absolute Gasteiger partial charge is 0.417 e. The van der Waals surface area contributed by atoms with E-state index in [2.05, 4.69) is 9.97 Å². The lowest BCUT2D eigenvalue weighted by molar-refractivity contribution is -0.137. The van der Waals surface area contributed by atoms with Crippen molar-refractivity contribution >= 4 is 22.5 Å². The molecular weight excluding hydrogens is 301 g/mol. The molecular formula is C15H8ClF3N2. The number of hydrogen-bond donors (Lipinski definition) is 0. The van der Waals surface area contributed by atoms with Crippen LogP contribution in [0.4, 0.5) is 13.2 Å². The van der Waals surface area contributed by atoms with Crippen LogP contribution < -0.4 is 0 Å². The van der Waals surface area contributed by atoms with Crippen molar-refractivity contribution in [2.24, 2.45) is 0 Å². The smallest absolute Gasteiger partial charge is 0.236 e. The molecule has 0 saturated heterocycles. The summed E-state index contributed by atoms with van der Waals surface area (Å²) < 4.78 is 39.2. The highest BCUT2D eigenvalue weighted by atomic mass is 35.5. The molecule has 3 aromatic rings. The standard InChI is InChI=1S/C15H8ClF3N2/c16-14-11-6-5-9(7-13(11)20-8-21-14)10-3-1-2-4-12(10)15(17,18)19/h1-8H. The molecule has 0 aliphatic carbocycles. The molecule has 0 aliphatic rings. The van der Waals surface area contributed by atoms with Gasteiger partial charge in [0.2, 0.25) is 0 Å². The quantitative estimate of drug-likeness (QED) is 0.593. The molecule has 0 unspecified atom stereocenters. The molecule has 6 heteroatoms. The molecule has 21 heavy (non-hydrogen) atoms. The zero-order valence-electron chi connectivity index (χ0n) is 10.5. The molecule has 0 aliphatic heterocycles. The molecule has 3 rings (SSSR count). The number of alkyl halides is 3. The molecule has 1 heterocycles. The molecule has 0 radical (unpaired) electrons. The van der Waals surface area contributed by atoms with Crippen molar-refractivity contribution in [3.63, 3.8) is 0 Å². The van der Waals surface area contributed by atoms with E-state index in [1.165, 1.54) is 18.5 Å². The molecule has 0 amide bonds. The molecule has 0 saturated carbocycles. The Kier molecular flexibility index (Phi) is 3.29. The van der Waals surface area contributed by atoms with E-state index in [9.17, 15) is 13.2 Å². The van der Waals surface area contributed by atoms with E-state index in [-0.39, 0.29) is 10.7 Å². The third-order valence-corrected chi connectivity index (χ3v) is 3.43. The second kappa shape index (κ2) is 5.00. The average Bonchev–Trinajstić information content (AvgIpc) is 2.46. The van der Waals surface area contributed by atoms with Crippen LogP contribution in [0.2, 0.25) is 5.15 Å². The summed E-state index contributed by atoms with van der Waals surface area (Å²) in [6.07, 6.45) is -3.13. The van der Waals surface area contributed by atoms with Crippen LogP contribution >= 0.6 is 11.6 Å². The first kappa shape index (κ1) is 13.8. The Bertz CT molecular complexity index is 815. The first-order chi connectivity index (χ1) is 9.97. The summed E-state index contributed by atoms with van der Waals surface area (Å²) in [5, 5.41) is 0.878. The van der Waals surface area contributed by atoms with Gasteiger partial charge in [-0.2, -0.15) is 13.2 Å². The van der Waals surface area contributed by atoms with E-state index in [1.54, 1.807) is 24.3 Å². The first-order valence-electron chi connectivity index (χ1n) is 6.03. The molecule has 0 N–H and O–H groups in total. The topological polar surface area (TPSA) is 25.8 Å². The monoisotopic (exact) mass is 308 g/mol. The predicted molar refractivity (Wildman–Crippen MR) is 75.0 cm³/mol. The van der Waals surface area contributed by atoms with Crippen molar-refractivity contribution in [3.05, 3.63) is 59.5 Å². The molecule has 0 atom stereocenters. The van der Waals surface area contributed by atoms with E-state index in [0.717, 1.165) is 6.07 Å². The van der Waals surface area contributed by atoms with Gasteiger partial charge in [0.05, 0.1) is 11.1 Å².